The first-order chi connectivity index (χ1) is 19.1. The number of hydrogen-bond acceptors (Lipinski definition) is 5. The van der Waals surface area contributed by atoms with Crippen molar-refractivity contribution in [2.45, 2.75) is 45.8 Å². The van der Waals surface area contributed by atoms with Crippen molar-refractivity contribution in [2.24, 2.45) is 5.92 Å². The molecule has 2 heterocycles. The number of hydrogen-bond donors (Lipinski definition) is 1. The van der Waals surface area contributed by atoms with E-state index in [0.717, 1.165) is 24.4 Å². The molecule has 0 bridgehead atoms. The first-order valence-corrected chi connectivity index (χ1v) is 13.7. The van der Waals surface area contributed by atoms with Gasteiger partial charge in [0.1, 0.15) is 30.0 Å². The van der Waals surface area contributed by atoms with Gasteiger partial charge in [-0.1, -0.05) is 30.7 Å². The highest BCUT2D eigenvalue weighted by atomic mass is 35.5. The second-order valence-electron chi connectivity index (χ2n) is 10.7. The molecule has 8 heteroatoms. The molecule has 0 amide bonds. The number of aromatic hydroxyl groups is 1. The minimum Gasteiger partial charge on any atom is -0.508 e. The van der Waals surface area contributed by atoms with Crippen LogP contribution in [0.4, 0.5) is 8.78 Å². The lowest BCUT2D eigenvalue weighted by molar-refractivity contribution is 0.151. The third kappa shape index (κ3) is 5.65. The van der Waals surface area contributed by atoms with Crippen LogP contribution in [0, 0.1) is 17.2 Å². The van der Waals surface area contributed by atoms with Gasteiger partial charge in [-0.2, -0.15) is 5.26 Å². The number of ether oxygens (including phenoxy) is 2. The zero-order valence-electron chi connectivity index (χ0n) is 22.6. The molecule has 1 N–H and O–H groups in total. The molecule has 3 aromatic rings. The molecule has 1 unspecified atom stereocenters. The Morgan fingerprint density at radius 1 is 1.18 bits per heavy atom. The quantitative estimate of drug-likeness (QED) is 0.315. The van der Waals surface area contributed by atoms with Gasteiger partial charge in [-0.25, -0.2) is 8.78 Å². The zero-order chi connectivity index (χ0) is 28.6. The number of nitrogens with zero attached hydrogens (tertiary/aromatic N) is 2. The Morgan fingerprint density at radius 2 is 1.93 bits per heavy atom. The molecule has 5 rings (SSSR count). The molecular formula is C32H31ClF2N2O3. The molecule has 0 aromatic heterocycles. The van der Waals surface area contributed by atoms with E-state index < -0.39 is 12.5 Å². The van der Waals surface area contributed by atoms with Crippen molar-refractivity contribution < 1.29 is 23.4 Å². The Bertz CT molecular complexity index is 1460. The summed E-state index contributed by atoms with van der Waals surface area (Å²) < 4.78 is 40.0. The van der Waals surface area contributed by atoms with Crippen LogP contribution in [0.25, 0.3) is 11.1 Å². The molecular weight excluding hydrogens is 534 g/mol. The van der Waals surface area contributed by atoms with E-state index in [-0.39, 0.29) is 16.9 Å². The fraction of sp³-hybridized carbons (Fsp3) is 0.344. The largest absolute Gasteiger partial charge is 0.508 e. The standard InChI is InChI=1S/C32H31ClF2N2O3/c1-18-8-9-37(16-18)19(2)17-39-26-6-4-21(5-7-26)31-30(22-10-24(33)13-25(38)11-22)20(3)27-14-28(32(34)35)23(15-36)12-29(27)40-31/h4-7,10-14,18-19,31-32,38H,8-9,16-17H2,1-3H3/t18-,19+,31?/m1/s1. The maximum atomic E-state index is 13.8. The maximum absolute atomic E-state index is 13.8. The summed E-state index contributed by atoms with van der Waals surface area (Å²) in [5.41, 5.74) is 2.75. The first kappa shape index (κ1) is 27.9. The van der Waals surface area contributed by atoms with Crippen LogP contribution in [0.1, 0.15) is 67.5 Å². The molecule has 0 spiro atoms. The van der Waals surface area contributed by atoms with Crippen molar-refractivity contribution >= 4 is 22.7 Å². The fourth-order valence-electron chi connectivity index (χ4n) is 5.55. The minimum atomic E-state index is -2.81. The molecule has 1 saturated heterocycles. The average molecular weight is 565 g/mol. The van der Waals surface area contributed by atoms with Crippen molar-refractivity contribution in [3.63, 3.8) is 0 Å². The van der Waals surface area contributed by atoms with Gasteiger partial charge in [0.2, 0.25) is 0 Å². The number of nitriles is 1. The number of likely N-dealkylation sites (tertiary alicyclic amines) is 1. The first-order valence-electron chi connectivity index (χ1n) is 13.3. The molecule has 0 radical (unpaired) electrons. The van der Waals surface area contributed by atoms with Crippen LogP contribution in [-0.2, 0) is 0 Å². The average Bonchev–Trinajstić information content (AvgIpc) is 3.36. The third-order valence-corrected chi connectivity index (χ3v) is 7.99. The monoisotopic (exact) mass is 564 g/mol. The van der Waals surface area contributed by atoms with E-state index >= 15 is 0 Å². The van der Waals surface area contributed by atoms with E-state index in [1.165, 1.54) is 24.6 Å². The second-order valence-corrected chi connectivity index (χ2v) is 11.1. The lowest BCUT2D eigenvalue weighted by Gasteiger charge is -2.32. The Kier molecular flexibility index (Phi) is 8.02. The van der Waals surface area contributed by atoms with Gasteiger partial charge >= 0.3 is 0 Å². The predicted molar refractivity (Wildman–Crippen MR) is 152 cm³/mol. The topological polar surface area (TPSA) is 65.7 Å². The third-order valence-electron chi connectivity index (χ3n) is 7.77. The van der Waals surface area contributed by atoms with E-state index in [2.05, 4.69) is 18.7 Å². The van der Waals surface area contributed by atoms with Crippen LogP contribution in [0.3, 0.4) is 0 Å². The molecule has 208 valence electrons. The predicted octanol–water partition coefficient (Wildman–Crippen LogP) is 8.03. The van der Waals surface area contributed by atoms with Gasteiger partial charge in [0, 0.05) is 34.3 Å². The minimum absolute atomic E-state index is 0.0225. The Labute approximate surface area is 238 Å². The van der Waals surface area contributed by atoms with Gasteiger partial charge in [0.05, 0.1) is 11.6 Å². The van der Waals surface area contributed by atoms with Crippen LogP contribution < -0.4 is 9.47 Å². The molecule has 1 fully saturated rings. The van der Waals surface area contributed by atoms with Gasteiger partial charge in [-0.3, -0.25) is 4.90 Å². The highest BCUT2D eigenvalue weighted by molar-refractivity contribution is 6.31. The summed E-state index contributed by atoms with van der Waals surface area (Å²) in [5.74, 6) is 1.76. The van der Waals surface area contributed by atoms with E-state index in [9.17, 15) is 19.1 Å². The summed E-state index contributed by atoms with van der Waals surface area (Å²) >= 11 is 6.27. The van der Waals surface area contributed by atoms with Crippen molar-refractivity contribution in [3.8, 4) is 23.3 Å². The number of benzene rings is 3. The summed E-state index contributed by atoms with van der Waals surface area (Å²) in [4.78, 5) is 2.45. The number of fused-ring (bicyclic) bond motifs is 1. The molecule has 2 aliphatic heterocycles. The molecule has 40 heavy (non-hydrogen) atoms. The summed E-state index contributed by atoms with van der Waals surface area (Å²) in [6.07, 6.45) is -2.25. The highest BCUT2D eigenvalue weighted by Crippen LogP contribution is 2.48. The second kappa shape index (κ2) is 11.5. The summed E-state index contributed by atoms with van der Waals surface area (Å²) in [6, 6.07) is 17.1. The van der Waals surface area contributed by atoms with Gasteiger partial charge in [-0.05, 0) is 91.9 Å². The molecule has 3 aromatic carbocycles. The Morgan fingerprint density at radius 3 is 2.55 bits per heavy atom. The van der Waals surface area contributed by atoms with E-state index in [0.29, 0.717) is 51.6 Å². The number of alkyl halides is 2. The van der Waals surface area contributed by atoms with Crippen molar-refractivity contribution in [1.82, 2.24) is 4.90 Å². The van der Waals surface area contributed by atoms with Gasteiger partial charge in [-0.15, -0.1) is 0 Å². The summed E-state index contributed by atoms with van der Waals surface area (Å²) in [5, 5.41) is 20.1. The van der Waals surface area contributed by atoms with Crippen LogP contribution in [0.5, 0.6) is 17.2 Å². The van der Waals surface area contributed by atoms with Crippen LogP contribution in [0.2, 0.25) is 5.02 Å². The molecule has 0 aliphatic carbocycles. The zero-order valence-corrected chi connectivity index (χ0v) is 23.4. The summed E-state index contributed by atoms with van der Waals surface area (Å²) in [7, 11) is 0. The summed E-state index contributed by atoms with van der Waals surface area (Å²) in [6.45, 7) is 9.02. The number of halogens is 3. The number of rotatable bonds is 7. The molecule has 2 aliphatic rings. The SMILES string of the molecule is CC1=C(c2cc(O)cc(Cl)c2)C(c2ccc(OC[C@H](C)N3CC[C@@H](C)C3)cc2)Oc2cc(C#N)c(C(F)F)cc21. The van der Waals surface area contributed by atoms with Crippen molar-refractivity contribution in [1.29, 1.82) is 5.26 Å². The normalized spacial score (nSPS) is 19.8. The molecule has 5 nitrogen and oxygen atoms in total. The van der Waals surface area contributed by atoms with Gasteiger partial charge in [0.25, 0.3) is 6.43 Å². The van der Waals surface area contributed by atoms with Crippen LogP contribution in [0.15, 0.2) is 54.6 Å². The Hall–Kier alpha value is -3.60. The number of allylic oxidation sites excluding steroid dienone is 1. The molecule has 3 atom stereocenters. The van der Waals surface area contributed by atoms with Crippen LogP contribution >= 0.6 is 11.6 Å². The number of phenols is 1. The van der Waals surface area contributed by atoms with Gasteiger partial charge in [0.15, 0.2) is 0 Å². The Balaban J connectivity index is 1.49. The van der Waals surface area contributed by atoms with E-state index in [1.807, 2.05) is 37.3 Å². The lowest BCUT2D eigenvalue weighted by atomic mass is 9.85. The molecule has 0 saturated carbocycles. The van der Waals surface area contributed by atoms with E-state index in [1.54, 1.807) is 12.1 Å². The number of phenolic OH excluding ortho intramolecular Hbond substituents is 1. The smallest absolute Gasteiger partial charge is 0.265 e. The highest BCUT2D eigenvalue weighted by Gasteiger charge is 2.32. The van der Waals surface area contributed by atoms with Crippen molar-refractivity contribution in [3.05, 3.63) is 87.4 Å². The fourth-order valence-corrected chi connectivity index (χ4v) is 5.78. The van der Waals surface area contributed by atoms with E-state index in [4.69, 9.17) is 21.1 Å². The lowest BCUT2D eigenvalue weighted by Crippen LogP contribution is -2.35. The maximum Gasteiger partial charge on any atom is 0.265 e. The van der Waals surface area contributed by atoms with Crippen molar-refractivity contribution in [2.75, 3.05) is 19.7 Å². The van der Waals surface area contributed by atoms with Crippen LogP contribution in [-0.4, -0.2) is 35.7 Å². The van der Waals surface area contributed by atoms with Gasteiger partial charge < -0.3 is 14.6 Å².